The fourth-order valence-electron chi connectivity index (χ4n) is 5.06. The molecule has 194 valence electrons. The lowest BCUT2D eigenvalue weighted by Crippen LogP contribution is -2.34. The Bertz CT molecular complexity index is 1350. The van der Waals surface area contributed by atoms with Crippen molar-refractivity contribution in [3.8, 4) is 0 Å². The van der Waals surface area contributed by atoms with Crippen molar-refractivity contribution < 1.29 is 17.3 Å². The second-order valence-corrected chi connectivity index (χ2v) is 11.4. The summed E-state index contributed by atoms with van der Waals surface area (Å²) in [4.78, 5) is 0.184. The van der Waals surface area contributed by atoms with Gasteiger partial charge in [0.1, 0.15) is 5.60 Å². The number of aryl methyl sites for hydroxylation is 1. The summed E-state index contributed by atoms with van der Waals surface area (Å²) in [5.41, 5.74) is 3.40. The van der Waals surface area contributed by atoms with Crippen LogP contribution >= 0.6 is 0 Å². The highest BCUT2D eigenvalue weighted by Crippen LogP contribution is 2.41. The zero-order valence-corrected chi connectivity index (χ0v) is 22.3. The van der Waals surface area contributed by atoms with Gasteiger partial charge in [0.2, 0.25) is 0 Å². The summed E-state index contributed by atoms with van der Waals surface area (Å²) in [6.45, 7) is 2.52. The van der Waals surface area contributed by atoms with Crippen molar-refractivity contribution in [3.63, 3.8) is 0 Å². The van der Waals surface area contributed by atoms with Crippen LogP contribution < -0.4 is 0 Å². The molecule has 0 bridgehead atoms. The lowest BCUT2D eigenvalue weighted by Gasteiger charge is -2.36. The van der Waals surface area contributed by atoms with Gasteiger partial charge in [0.05, 0.1) is 18.1 Å². The predicted molar refractivity (Wildman–Crippen MR) is 150 cm³/mol. The minimum atomic E-state index is -3.79. The zero-order valence-electron chi connectivity index (χ0n) is 21.4. The van der Waals surface area contributed by atoms with E-state index in [0.29, 0.717) is 6.61 Å². The van der Waals surface area contributed by atoms with Gasteiger partial charge in [0, 0.05) is 11.8 Å². The van der Waals surface area contributed by atoms with Crippen LogP contribution in [0.2, 0.25) is 0 Å². The van der Waals surface area contributed by atoms with Crippen LogP contribution in [0.15, 0.2) is 132 Å². The second kappa shape index (κ2) is 11.5. The summed E-state index contributed by atoms with van der Waals surface area (Å²) < 4.78 is 37.6. The molecule has 0 saturated heterocycles. The van der Waals surface area contributed by atoms with Crippen LogP contribution in [-0.4, -0.2) is 21.6 Å². The molecule has 1 aliphatic rings. The van der Waals surface area contributed by atoms with Gasteiger partial charge in [-0.2, -0.15) is 8.42 Å². The first-order chi connectivity index (χ1) is 18.5. The van der Waals surface area contributed by atoms with Crippen LogP contribution in [0, 0.1) is 18.8 Å². The van der Waals surface area contributed by atoms with Crippen LogP contribution in [0.4, 0.5) is 0 Å². The van der Waals surface area contributed by atoms with E-state index in [-0.39, 0.29) is 23.3 Å². The Morgan fingerprint density at radius 1 is 0.658 bits per heavy atom. The SMILES string of the molecule is Cc1ccc(S(=O)(=O)OCC2C=CC(COC(c3ccccc3)(c3ccccc3)c3ccccc3)C2)cc1. The summed E-state index contributed by atoms with van der Waals surface area (Å²) in [6.07, 6.45) is 4.93. The summed E-state index contributed by atoms with van der Waals surface area (Å²) >= 11 is 0. The van der Waals surface area contributed by atoms with Gasteiger partial charge in [0.25, 0.3) is 10.1 Å². The van der Waals surface area contributed by atoms with Crippen LogP contribution in [0.5, 0.6) is 0 Å². The third kappa shape index (κ3) is 5.65. The van der Waals surface area contributed by atoms with Crippen LogP contribution in [-0.2, 0) is 24.6 Å². The molecular weight excluding hydrogens is 492 g/mol. The topological polar surface area (TPSA) is 52.6 Å². The van der Waals surface area contributed by atoms with Crippen molar-refractivity contribution in [3.05, 3.63) is 150 Å². The Labute approximate surface area is 225 Å². The van der Waals surface area contributed by atoms with Gasteiger partial charge in [-0.3, -0.25) is 4.18 Å². The average Bonchev–Trinajstić information content (AvgIpc) is 3.42. The number of rotatable bonds is 10. The maximum atomic E-state index is 12.6. The molecule has 0 spiro atoms. The van der Waals surface area contributed by atoms with Gasteiger partial charge in [-0.05, 0) is 42.2 Å². The van der Waals surface area contributed by atoms with Crippen molar-refractivity contribution >= 4 is 10.1 Å². The molecule has 0 amide bonds. The van der Waals surface area contributed by atoms with Crippen molar-refractivity contribution in [1.29, 1.82) is 0 Å². The van der Waals surface area contributed by atoms with Crippen LogP contribution in [0.3, 0.4) is 0 Å². The molecule has 2 atom stereocenters. The number of benzene rings is 4. The first kappa shape index (κ1) is 26.1. The molecule has 5 rings (SSSR count). The maximum Gasteiger partial charge on any atom is 0.296 e. The van der Waals surface area contributed by atoms with E-state index in [1.54, 1.807) is 24.3 Å². The van der Waals surface area contributed by atoms with E-state index < -0.39 is 15.7 Å². The van der Waals surface area contributed by atoms with Crippen molar-refractivity contribution in [2.45, 2.75) is 23.8 Å². The molecule has 0 aliphatic heterocycles. The summed E-state index contributed by atoms with van der Waals surface area (Å²) in [5.74, 6) is 0.143. The molecule has 1 aliphatic carbocycles. The highest BCUT2D eigenvalue weighted by atomic mass is 32.2. The third-order valence-corrected chi connectivity index (χ3v) is 8.36. The summed E-state index contributed by atoms with van der Waals surface area (Å²) in [7, 11) is -3.79. The Balaban J connectivity index is 1.33. The molecule has 0 saturated carbocycles. The molecule has 0 heterocycles. The number of ether oxygens (including phenoxy) is 1. The van der Waals surface area contributed by atoms with Gasteiger partial charge >= 0.3 is 0 Å². The first-order valence-corrected chi connectivity index (χ1v) is 14.3. The fraction of sp³-hybridized carbons (Fsp3) is 0.212. The lowest BCUT2D eigenvalue weighted by atomic mass is 9.80. The molecule has 4 nitrogen and oxygen atoms in total. The zero-order chi connectivity index (χ0) is 26.4. The highest BCUT2D eigenvalue weighted by Gasteiger charge is 2.38. The summed E-state index contributed by atoms with van der Waals surface area (Å²) in [5, 5.41) is 0. The molecule has 0 fully saturated rings. The Morgan fingerprint density at radius 2 is 1.11 bits per heavy atom. The normalized spacial score (nSPS) is 17.5. The number of hydrogen-bond donors (Lipinski definition) is 0. The van der Waals surface area contributed by atoms with E-state index in [1.165, 1.54) is 0 Å². The third-order valence-electron chi connectivity index (χ3n) is 7.06. The molecule has 0 N–H and O–H groups in total. The van der Waals surface area contributed by atoms with Crippen molar-refractivity contribution in [1.82, 2.24) is 0 Å². The van der Waals surface area contributed by atoms with Gasteiger partial charge in [-0.1, -0.05) is 121 Å². The van der Waals surface area contributed by atoms with Gasteiger partial charge in [0.15, 0.2) is 0 Å². The lowest BCUT2D eigenvalue weighted by molar-refractivity contribution is -0.00222. The van der Waals surface area contributed by atoms with Crippen LogP contribution in [0.25, 0.3) is 0 Å². The second-order valence-electron chi connectivity index (χ2n) is 9.78. The molecular formula is C33H32O4S. The standard InChI is InChI=1S/C33H32O4S/c1-26-17-21-32(22-18-26)38(34,35)37-25-28-20-19-27(23-28)24-36-33(29-11-5-2-6-12-29,30-13-7-3-8-14-30)31-15-9-4-10-16-31/h2-22,27-28H,23-25H2,1H3. The molecule has 4 aromatic carbocycles. The minimum absolute atomic E-state index is 0.00315. The largest absolute Gasteiger partial charge is 0.360 e. The molecule has 0 radical (unpaired) electrons. The fourth-order valence-corrected chi connectivity index (χ4v) is 6.02. The van der Waals surface area contributed by atoms with E-state index in [0.717, 1.165) is 28.7 Å². The van der Waals surface area contributed by atoms with Gasteiger partial charge in [-0.15, -0.1) is 0 Å². The van der Waals surface area contributed by atoms with Crippen LogP contribution in [0.1, 0.15) is 28.7 Å². The van der Waals surface area contributed by atoms with E-state index in [4.69, 9.17) is 8.92 Å². The van der Waals surface area contributed by atoms with E-state index in [2.05, 4.69) is 42.5 Å². The Morgan fingerprint density at radius 3 is 1.58 bits per heavy atom. The minimum Gasteiger partial charge on any atom is -0.360 e. The van der Waals surface area contributed by atoms with Gasteiger partial charge in [-0.25, -0.2) is 0 Å². The average molecular weight is 525 g/mol. The quantitative estimate of drug-likeness (QED) is 0.129. The smallest absolute Gasteiger partial charge is 0.296 e. The molecule has 0 aromatic heterocycles. The molecule has 5 heteroatoms. The van der Waals surface area contributed by atoms with E-state index in [1.807, 2.05) is 67.6 Å². The summed E-state index contributed by atoms with van der Waals surface area (Å²) in [6, 6.07) is 37.6. The van der Waals surface area contributed by atoms with Crippen molar-refractivity contribution in [2.75, 3.05) is 13.2 Å². The predicted octanol–water partition coefficient (Wildman–Crippen LogP) is 6.90. The maximum absolute atomic E-state index is 12.6. The van der Waals surface area contributed by atoms with Crippen molar-refractivity contribution in [2.24, 2.45) is 11.8 Å². The molecule has 2 unspecified atom stereocenters. The first-order valence-electron chi connectivity index (χ1n) is 12.9. The Hall–Kier alpha value is -3.51. The van der Waals surface area contributed by atoms with Gasteiger partial charge < -0.3 is 4.74 Å². The van der Waals surface area contributed by atoms with E-state index >= 15 is 0 Å². The molecule has 38 heavy (non-hydrogen) atoms. The number of hydrogen-bond acceptors (Lipinski definition) is 4. The molecule has 4 aromatic rings. The Kier molecular flexibility index (Phi) is 7.89. The monoisotopic (exact) mass is 524 g/mol. The van der Waals surface area contributed by atoms with E-state index in [9.17, 15) is 8.42 Å². The highest BCUT2D eigenvalue weighted by molar-refractivity contribution is 7.86.